The van der Waals surface area contributed by atoms with Crippen LogP contribution in [0.3, 0.4) is 0 Å². The Kier molecular flexibility index (Phi) is 5.14. The second kappa shape index (κ2) is 8.24. The smallest absolute Gasteiger partial charge is 0.174 e. The van der Waals surface area contributed by atoms with Crippen molar-refractivity contribution < 1.29 is 4.74 Å². The highest BCUT2D eigenvalue weighted by atomic mass is 32.1. The molecule has 0 spiro atoms. The molecule has 1 N–H and O–H groups in total. The number of thiocarbonyl (C=S) groups is 1. The van der Waals surface area contributed by atoms with Crippen molar-refractivity contribution in [3.8, 4) is 11.4 Å². The van der Waals surface area contributed by atoms with E-state index >= 15 is 0 Å². The van der Waals surface area contributed by atoms with Crippen molar-refractivity contribution in [1.82, 2.24) is 14.9 Å². The van der Waals surface area contributed by atoms with E-state index in [-0.39, 0.29) is 12.1 Å². The van der Waals surface area contributed by atoms with Crippen LogP contribution >= 0.6 is 12.2 Å². The molecule has 31 heavy (non-hydrogen) atoms. The lowest BCUT2D eigenvalue weighted by molar-refractivity contribution is 0.415. The van der Waals surface area contributed by atoms with Crippen molar-refractivity contribution in [1.29, 1.82) is 0 Å². The van der Waals surface area contributed by atoms with Crippen LogP contribution in [0.2, 0.25) is 0 Å². The van der Waals surface area contributed by atoms with Gasteiger partial charge in [-0.1, -0.05) is 24.3 Å². The minimum Gasteiger partial charge on any atom is -0.497 e. The zero-order valence-electron chi connectivity index (χ0n) is 17.1. The van der Waals surface area contributed by atoms with Gasteiger partial charge in [0.25, 0.3) is 0 Å². The van der Waals surface area contributed by atoms with Gasteiger partial charge in [-0.05, 0) is 72.9 Å². The van der Waals surface area contributed by atoms with Crippen LogP contribution in [0.5, 0.6) is 5.75 Å². The van der Waals surface area contributed by atoms with Crippen molar-refractivity contribution in [2.45, 2.75) is 12.1 Å². The monoisotopic (exact) mass is 426 g/mol. The van der Waals surface area contributed by atoms with Crippen molar-refractivity contribution >= 4 is 23.0 Å². The van der Waals surface area contributed by atoms with Crippen LogP contribution in [0.25, 0.3) is 5.69 Å². The molecule has 0 saturated carbocycles. The molecule has 0 bridgehead atoms. The van der Waals surface area contributed by atoms with Crippen LogP contribution in [-0.4, -0.2) is 21.8 Å². The minimum atomic E-state index is -0.0897. The molecule has 2 aromatic carbocycles. The Morgan fingerprint density at radius 2 is 1.65 bits per heavy atom. The molecule has 0 aliphatic carbocycles. The summed E-state index contributed by atoms with van der Waals surface area (Å²) in [7, 11) is 1.67. The van der Waals surface area contributed by atoms with E-state index < -0.39 is 0 Å². The van der Waals surface area contributed by atoms with Gasteiger partial charge >= 0.3 is 0 Å². The molecular formula is C25H22N4OS. The van der Waals surface area contributed by atoms with Crippen LogP contribution in [-0.2, 0) is 0 Å². The van der Waals surface area contributed by atoms with Crippen LogP contribution in [0, 0.1) is 0 Å². The fourth-order valence-electron chi connectivity index (χ4n) is 4.14. The number of pyridine rings is 1. The van der Waals surface area contributed by atoms with Gasteiger partial charge in [0.2, 0.25) is 0 Å². The summed E-state index contributed by atoms with van der Waals surface area (Å²) >= 11 is 5.82. The average molecular weight is 427 g/mol. The molecule has 6 heteroatoms. The topological polar surface area (TPSA) is 42.3 Å². The standard InChI is InChI=1S/C25H22N4OS/c1-30-20-14-12-19(13-15-20)29-24(23(27-25(29)31)21-10-5-6-16-26-21)22-11-7-17-28(22)18-8-3-2-4-9-18/h2-17,23-24H,1H3,(H,27,31)/t23-,24-/m1/s1. The molecule has 0 radical (unpaired) electrons. The van der Waals surface area contributed by atoms with Crippen molar-refractivity contribution in [2.24, 2.45) is 0 Å². The van der Waals surface area contributed by atoms with Crippen LogP contribution in [0.1, 0.15) is 23.5 Å². The Hall–Kier alpha value is -3.64. The van der Waals surface area contributed by atoms with E-state index in [0.29, 0.717) is 5.11 Å². The second-order valence-electron chi connectivity index (χ2n) is 7.33. The molecule has 0 unspecified atom stereocenters. The Morgan fingerprint density at radius 3 is 2.35 bits per heavy atom. The number of hydrogen-bond donors (Lipinski definition) is 1. The summed E-state index contributed by atoms with van der Waals surface area (Å²) in [5.41, 5.74) is 4.19. The Balaban J connectivity index is 1.65. The summed E-state index contributed by atoms with van der Waals surface area (Å²) in [5, 5.41) is 4.19. The third-order valence-electron chi connectivity index (χ3n) is 5.57. The van der Waals surface area contributed by atoms with Crippen molar-refractivity contribution in [3.05, 3.63) is 109 Å². The lowest BCUT2D eigenvalue weighted by atomic mass is 10.0. The van der Waals surface area contributed by atoms with Gasteiger partial charge in [-0.3, -0.25) is 4.98 Å². The number of nitrogens with zero attached hydrogens (tertiary/aromatic N) is 3. The number of aromatic nitrogens is 2. The van der Waals surface area contributed by atoms with E-state index in [1.807, 2.05) is 66.9 Å². The highest BCUT2D eigenvalue weighted by molar-refractivity contribution is 7.80. The molecule has 1 saturated heterocycles. The van der Waals surface area contributed by atoms with E-state index in [9.17, 15) is 0 Å². The van der Waals surface area contributed by atoms with Gasteiger partial charge in [0.1, 0.15) is 11.8 Å². The van der Waals surface area contributed by atoms with Gasteiger partial charge in [0.05, 0.1) is 18.8 Å². The van der Waals surface area contributed by atoms with E-state index in [0.717, 1.165) is 28.5 Å². The van der Waals surface area contributed by atoms with E-state index in [1.165, 1.54) is 0 Å². The van der Waals surface area contributed by atoms with Crippen molar-refractivity contribution in [3.63, 3.8) is 0 Å². The first-order valence-electron chi connectivity index (χ1n) is 10.1. The summed E-state index contributed by atoms with van der Waals surface area (Å²) in [5.74, 6) is 0.812. The number of nitrogens with one attached hydrogen (secondary N) is 1. The quantitative estimate of drug-likeness (QED) is 0.452. The first-order chi connectivity index (χ1) is 15.3. The maximum atomic E-state index is 5.82. The Bertz CT molecular complexity index is 1180. The Morgan fingerprint density at radius 1 is 0.871 bits per heavy atom. The lowest BCUT2D eigenvalue weighted by Gasteiger charge is -2.29. The molecule has 154 valence electrons. The fourth-order valence-corrected chi connectivity index (χ4v) is 4.48. The normalized spacial score (nSPS) is 18.1. The maximum absolute atomic E-state index is 5.82. The molecular weight excluding hydrogens is 404 g/mol. The fraction of sp³-hybridized carbons (Fsp3) is 0.120. The second-order valence-corrected chi connectivity index (χ2v) is 7.72. The predicted molar refractivity (Wildman–Crippen MR) is 127 cm³/mol. The molecule has 1 fully saturated rings. The van der Waals surface area contributed by atoms with E-state index in [2.05, 4.69) is 50.2 Å². The number of hydrogen-bond acceptors (Lipinski definition) is 3. The zero-order chi connectivity index (χ0) is 21.2. The van der Waals surface area contributed by atoms with Gasteiger partial charge in [-0.15, -0.1) is 0 Å². The molecule has 2 atom stereocenters. The largest absolute Gasteiger partial charge is 0.497 e. The van der Waals surface area contributed by atoms with Gasteiger partial charge in [0.15, 0.2) is 5.11 Å². The van der Waals surface area contributed by atoms with Gasteiger partial charge < -0.3 is 19.5 Å². The van der Waals surface area contributed by atoms with Gasteiger partial charge in [-0.25, -0.2) is 0 Å². The molecule has 5 rings (SSSR count). The summed E-state index contributed by atoms with van der Waals surface area (Å²) in [6, 6.07) is 28.4. The highest BCUT2D eigenvalue weighted by Crippen LogP contribution is 2.42. The summed E-state index contributed by atoms with van der Waals surface area (Å²) < 4.78 is 7.56. The van der Waals surface area contributed by atoms with Crippen LogP contribution in [0.4, 0.5) is 5.69 Å². The molecule has 0 amide bonds. The molecule has 3 heterocycles. The zero-order valence-corrected chi connectivity index (χ0v) is 17.9. The van der Waals surface area contributed by atoms with Crippen molar-refractivity contribution in [2.75, 3.05) is 12.0 Å². The lowest BCUT2D eigenvalue weighted by Crippen LogP contribution is -2.30. The number of para-hydroxylation sites is 1. The third-order valence-corrected chi connectivity index (χ3v) is 5.88. The Labute approximate surface area is 186 Å². The summed E-state index contributed by atoms with van der Waals surface area (Å²) in [6.07, 6.45) is 3.91. The first-order valence-corrected chi connectivity index (χ1v) is 10.5. The molecule has 5 nitrogen and oxygen atoms in total. The minimum absolute atomic E-state index is 0.0778. The van der Waals surface area contributed by atoms with Gasteiger partial charge in [0, 0.05) is 29.5 Å². The van der Waals surface area contributed by atoms with E-state index in [1.54, 1.807) is 7.11 Å². The molecule has 2 aromatic heterocycles. The summed E-state index contributed by atoms with van der Waals surface area (Å²) in [6.45, 7) is 0. The highest BCUT2D eigenvalue weighted by Gasteiger charge is 2.42. The molecule has 1 aliphatic heterocycles. The average Bonchev–Trinajstić information content (AvgIpc) is 3.44. The number of ether oxygens (including phenoxy) is 1. The maximum Gasteiger partial charge on any atom is 0.174 e. The first kappa shape index (κ1) is 19.3. The third kappa shape index (κ3) is 3.55. The number of benzene rings is 2. The number of anilines is 1. The van der Waals surface area contributed by atoms with Gasteiger partial charge in [-0.2, -0.15) is 0 Å². The van der Waals surface area contributed by atoms with Crippen LogP contribution in [0.15, 0.2) is 97.3 Å². The molecule has 1 aliphatic rings. The number of methoxy groups -OCH3 is 1. The van der Waals surface area contributed by atoms with E-state index in [4.69, 9.17) is 17.0 Å². The summed E-state index contributed by atoms with van der Waals surface area (Å²) in [4.78, 5) is 6.80. The number of rotatable bonds is 5. The predicted octanol–water partition coefficient (Wildman–Crippen LogP) is 5.06. The molecule has 4 aromatic rings. The van der Waals surface area contributed by atoms with Crippen LogP contribution < -0.4 is 15.0 Å². The SMILES string of the molecule is COc1ccc(N2C(=S)N[C@H](c3ccccn3)[C@H]2c2cccn2-c2ccccc2)cc1.